The van der Waals surface area contributed by atoms with Gasteiger partial charge in [0.25, 0.3) is 5.56 Å². The Hall–Kier alpha value is -1.12. The van der Waals surface area contributed by atoms with Gasteiger partial charge in [0, 0.05) is 17.2 Å². The first kappa shape index (κ1) is 14.3. The molecule has 0 aliphatic heterocycles. The lowest BCUT2D eigenvalue weighted by molar-refractivity contribution is 0.440. The highest BCUT2D eigenvalue weighted by molar-refractivity contribution is 5.21. The van der Waals surface area contributed by atoms with E-state index in [1.54, 1.807) is 0 Å². The van der Waals surface area contributed by atoms with E-state index in [2.05, 4.69) is 18.8 Å². The molecular weight excluding hydrogens is 236 g/mol. The molecule has 0 spiro atoms. The van der Waals surface area contributed by atoms with Crippen molar-refractivity contribution in [1.29, 1.82) is 0 Å². The van der Waals surface area contributed by atoms with Gasteiger partial charge in [-0.25, -0.2) is 4.98 Å². The van der Waals surface area contributed by atoms with Crippen LogP contribution in [-0.2, 0) is 0 Å². The summed E-state index contributed by atoms with van der Waals surface area (Å²) in [4.78, 5) is 19.9. The summed E-state index contributed by atoms with van der Waals surface area (Å²) in [5.74, 6) is 1.62. The van der Waals surface area contributed by atoms with Gasteiger partial charge in [-0.15, -0.1) is 0 Å². The standard InChI is InChI=1S/C16H26N2O/c1-11(2)14-12(3)17-15(18-16(14)19)13-9-7-5-4-6-8-10-13/h11,13H,4-10H2,1-3H3,(H,17,18,19). The molecule has 1 saturated carbocycles. The minimum atomic E-state index is 0.0690. The van der Waals surface area contributed by atoms with Gasteiger partial charge < -0.3 is 4.98 Å². The Morgan fingerprint density at radius 2 is 1.68 bits per heavy atom. The molecule has 0 saturated heterocycles. The minimum absolute atomic E-state index is 0.0690. The number of aryl methyl sites for hydroxylation is 1. The fourth-order valence-electron chi connectivity index (χ4n) is 3.22. The van der Waals surface area contributed by atoms with Crippen molar-refractivity contribution in [3.05, 3.63) is 27.4 Å². The van der Waals surface area contributed by atoms with Crippen LogP contribution in [0, 0.1) is 6.92 Å². The molecule has 3 heteroatoms. The van der Waals surface area contributed by atoms with Crippen LogP contribution in [0.5, 0.6) is 0 Å². The molecule has 0 aromatic carbocycles. The quantitative estimate of drug-likeness (QED) is 0.874. The van der Waals surface area contributed by atoms with E-state index in [9.17, 15) is 4.79 Å². The maximum atomic E-state index is 12.2. The number of nitrogens with zero attached hydrogens (tertiary/aromatic N) is 1. The van der Waals surface area contributed by atoms with Crippen LogP contribution in [0.1, 0.15) is 87.7 Å². The van der Waals surface area contributed by atoms with Crippen molar-refractivity contribution < 1.29 is 0 Å². The number of aromatic nitrogens is 2. The minimum Gasteiger partial charge on any atom is -0.310 e. The normalized spacial score (nSPS) is 18.3. The van der Waals surface area contributed by atoms with E-state index in [1.807, 2.05) is 6.92 Å². The van der Waals surface area contributed by atoms with Gasteiger partial charge >= 0.3 is 0 Å². The molecule has 19 heavy (non-hydrogen) atoms. The molecule has 0 radical (unpaired) electrons. The smallest absolute Gasteiger partial charge is 0.254 e. The summed E-state index contributed by atoms with van der Waals surface area (Å²) in [5.41, 5.74) is 1.82. The van der Waals surface area contributed by atoms with Gasteiger partial charge in [-0.05, 0) is 25.7 Å². The molecule has 1 aromatic rings. The zero-order valence-corrected chi connectivity index (χ0v) is 12.5. The van der Waals surface area contributed by atoms with E-state index >= 15 is 0 Å². The molecule has 1 aliphatic carbocycles. The van der Waals surface area contributed by atoms with Crippen molar-refractivity contribution >= 4 is 0 Å². The van der Waals surface area contributed by atoms with Crippen molar-refractivity contribution in [2.24, 2.45) is 0 Å². The average Bonchev–Trinajstić information content (AvgIpc) is 2.26. The van der Waals surface area contributed by atoms with E-state index in [1.165, 1.54) is 44.9 Å². The molecule has 0 bridgehead atoms. The topological polar surface area (TPSA) is 45.8 Å². The molecule has 1 fully saturated rings. The molecule has 0 atom stereocenters. The average molecular weight is 262 g/mol. The Labute approximate surface area is 115 Å². The number of H-pyrrole nitrogens is 1. The lowest BCUT2D eigenvalue weighted by atomic mass is 9.90. The van der Waals surface area contributed by atoms with Crippen molar-refractivity contribution in [2.75, 3.05) is 0 Å². The van der Waals surface area contributed by atoms with Gasteiger partial charge in [0.05, 0.1) is 0 Å². The van der Waals surface area contributed by atoms with E-state index in [4.69, 9.17) is 4.98 Å². The van der Waals surface area contributed by atoms with Crippen LogP contribution in [-0.4, -0.2) is 9.97 Å². The van der Waals surface area contributed by atoms with E-state index < -0.39 is 0 Å². The van der Waals surface area contributed by atoms with E-state index in [0.717, 1.165) is 17.1 Å². The van der Waals surface area contributed by atoms with Crippen LogP contribution in [0.25, 0.3) is 0 Å². The van der Waals surface area contributed by atoms with Gasteiger partial charge in [-0.1, -0.05) is 46.0 Å². The molecule has 0 unspecified atom stereocenters. The van der Waals surface area contributed by atoms with Crippen molar-refractivity contribution in [3.8, 4) is 0 Å². The van der Waals surface area contributed by atoms with Crippen LogP contribution in [0.3, 0.4) is 0 Å². The largest absolute Gasteiger partial charge is 0.310 e. The van der Waals surface area contributed by atoms with Crippen molar-refractivity contribution in [2.45, 2.75) is 77.6 Å². The number of aromatic amines is 1. The second kappa shape index (κ2) is 6.36. The molecule has 1 aliphatic rings. The Bertz CT molecular complexity index is 468. The fraction of sp³-hybridized carbons (Fsp3) is 0.750. The number of hydrogen-bond donors (Lipinski definition) is 1. The van der Waals surface area contributed by atoms with Gasteiger partial charge in [0.15, 0.2) is 0 Å². The summed E-state index contributed by atoms with van der Waals surface area (Å²) < 4.78 is 0. The SMILES string of the molecule is Cc1nc(C2CCCCCCC2)[nH]c(=O)c1C(C)C. The molecule has 1 heterocycles. The molecule has 1 N–H and O–H groups in total. The summed E-state index contributed by atoms with van der Waals surface area (Å²) >= 11 is 0. The Morgan fingerprint density at radius 3 is 2.21 bits per heavy atom. The van der Waals surface area contributed by atoms with Crippen LogP contribution < -0.4 is 5.56 Å². The van der Waals surface area contributed by atoms with Crippen LogP contribution in [0.4, 0.5) is 0 Å². The first-order valence-electron chi connectivity index (χ1n) is 7.70. The zero-order valence-electron chi connectivity index (χ0n) is 12.5. The maximum Gasteiger partial charge on any atom is 0.254 e. The highest BCUT2D eigenvalue weighted by Gasteiger charge is 2.18. The molecule has 3 nitrogen and oxygen atoms in total. The van der Waals surface area contributed by atoms with Crippen molar-refractivity contribution in [1.82, 2.24) is 9.97 Å². The second-order valence-electron chi connectivity index (χ2n) is 6.15. The van der Waals surface area contributed by atoms with Gasteiger partial charge in [0.1, 0.15) is 5.82 Å². The highest BCUT2D eigenvalue weighted by Crippen LogP contribution is 2.29. The first-order valence-corrected chi connectivity index (χ1v) is 7.70. The van der Waals surface area contributed by atoms with Crippen LogP contribution >= 0.6 is 0 Å². The van der Waals surface area contributed by atoms with E-state index in [0.29, 0.717) is 5.92 Å². The van der Waals surface area contributed by atoms with Gasteiger partial charge in [-0.3, -0.25) is 4.79 Å². The second-order valence-corrected chi connectivity index (χ2v) is 6.15. The number of hydrogen-bond acceptors (Lipinski definition) is 2. The third kappa shape index (κ3) is 3.46. The number of nitrogens with one attached hydrogen (secondary N) is 1. The zero-order chi connectivity index (χ0) is 13.8. The summed E-state index contributed by atoms with van der Waals surface area (Å²) in [5, 5.41) is 0. The molecule has 0 amide bonds. The van der Waals surface area contributed by atoms with Gasteiger partial charge in [-0.2, -0.15) is 0 Å². The van der Waals surface area contributed by atoms with Crippen LogP contribution in [0.15, 0.2) is 4.79 Å². The monoisotopic (exact) mass is 262 g/mol. The number of rotatable bonds is 2. The predicted molar refractivity (Wildman–Crippen MR) is 78.7 cm³/mol. The molecular formula is C16H26N2O. The van der Waals surface area contributed by atoms with E-state index in [-0.39, 0.29) is 11.5 Å². The lowest BCUT2D eigenvalue weighted by Gasteiger charge is -2.20. The summed E-state index contributed by atoms with van der Waals surface area (Å²) in [6.45, 7) is 6.07. The van der Waals surface area contributed by atoms with Crippen molar-refractivity contribution in [3.63, 3.8) is 0 Å². The lowest BCUT2D eigenvalue weighted by Crippen LogP contribution is -2.22. The fourth-order valence-corrected chi connectivity index (χ4v) is 3.22. The summed E-state index contributed by atoms with van der Waals surface area (Å²) in [6.07, 6.45) is 8.88. The third-order valence-corrected chi connectivity index (χ3v) is 4.23. The maximum absolute atomic E-state index is 12.2. The molecule has 1 aromatic heterocycles. The summed E-state index contributed by atoms with van der Waals surface area (Å²) in [6, 6.07) is 0. The Kier molecular flexibility index (Phi) is 4.78. The van der Waals surface area contributed by atoms with Crippen LogP contribution in [0.2, 0.25) is 0 Å². The molecule has 106 valence electrons. The van der Waals surface area contributed by atoms with Gasteiger partial charge in [0.2, 0.25) is 0 Å². The summed E-state index contributed by atoms with van der Waals surface area (Å²) in [7, 11) is 0. The highest BCUT2D eigenvalue weighted by atomic mass is 16.1. The first-order chi connectivity index (χ1) is 9.09. The third-order valence-electron chi connectivity index (χ3n) is 4.23. The molecule has 2 rings (SSSR count). The Morgan fingerprint density at radius 1 is 1.11 bits per heavy atom. The predicted octanol–water partition coefficient (Wildman–Crippen LogP) is 4.03. The Balaban J connectivity index is 2.27.